The van der Waals surface area contributed by atoms with Crippen LogP contribution in [0.2, 0.25) is 5.04 Å². The van der Waals surface area contributed by atoms with Crippen LogP contribution in [0, 0.1) is 5.41 Å². The van der Waals surface area contributed by atoms with Crippen LogP contribution in [0.3, 0.4) is 0 Å². The van der Waals surface area contributed by atoms with E-state index in [1.165, 1.54) is 10.4 Å². The largest absolute Gasteiger partial charge is 0.481 e. The smallest absolute Gasteiger partial charge is 0.309 e. The number of rotatable bonds is 5. The molecule has 1 saturated carbocycles. The van der Waals surface area contributed by atoms with Gasteiger partial charge in [-0.25, -0.2) is 0 Å². The Labute approximate surface area is 163 Å². The molecule has 0 atom stereocenters. The highest BCUT2D eigenvalue weighted by Gasteiger charge is 2.60. The van der Waals surface area contributed by atoms with Crippen molar-refractivity contribution in [3.05, 3.63) is 60.7 Å². The average Bonchev–Trinajstić information content (AvgIpc) is 2.59. The van der Waals surface area contributed by atoms with Crippen molar-refractivity contribution in [2.24, 2.45) is 5.41 Å². The van der Waals surface area contributed by atoms with Crippen molar-refractivity contribution in [1.82, 2.24) is 0 Å². The van der Waals surface area contributed by atoms with E-state index in [-0.39, 0.29) is 5.04 Å². The Morgan fingerprint density at radius 3 is 1.67 bits per heavy atom. The van der Waals surface area contributed by atoms with Gasteiger partial charge in [-0.3, -0.25) is 4.79 Å². The van der Waals surface area contributed by atoms with Gasteiger partial charge in [0.05, 0.1) is 11.0 Å². The minimum atomic E-state index is -2.64. The van der Waals surface area contributed by atoms with Gasteiger partial charge in [0.2, 0.25) is 0 Å². The third-order valence-corrected chi connectivity index (χ3v) is 11.1. The van der Waals surface area contributed by atoms with E-state index in [1.54, 1.807) is 0 Å². The molecule has 27 heavy (non-hydrogen) atoms. The lowest BCUT2D eigenvalue weighted by atomic mass is 9.61. The first kappa shape index (κ1) is 19.8. The SMILES string of the molecule is CC1(O[Si](c2ccccc2)(c2ccccc2)C(C)(C)C)CC(C)(C(=O)O)C1. The first-order valence-corrected chi connectivity index (χ1v) is 11.5. The summed E-state index contributed by atoms with van der Waals surface area (Å²) in [6.45, 7) is 10.6. The number of aliphatic carboxylic acids is 1. The molecule has 3 nitrogen and oxygen atoms in total. The lowest BCUT2D eigenvalue weighted by Gasteiger charge is -2.56. The normalized spacial score (nSPS) is 25.7. The Bertz CT molecular complexity index is 763. The van der Waals surface area contributed by atoms with E-state index in [0.29, 0.717) is 12.8 Å². The summed E-state index contributed by atoms with van der Waals surface area (Å²) >= 11 is 0. The number of hydrogen-bond donors (Lipinski definition) is 1. The Hall–Kier alpha value is -1.91. The van der Waals surface area contributed by atoms with E-state index in [2.05, 4.69) is 76.2 Å². The zero-order valence-electron chi connectivity index (χ0n) is 17.0. The van der Waals surface area contributed by atoms with Crippen molar-refractivity contribution in [3.8, 4) is 0 Å². The van der Waals surface area contributed by atoms with Gasteiger partial charge < -0.3 is 9.53 Å². The maximum atomic E-state index is 11.6. The predicted octanol–water partition coefficient (Wildman–Crippen LogP) is 4.21. The van der Waals surface area contributed by atoms with Gasteiger partial charge in [0.15, 0.2) is 0 Å². The molecule has 1 fully saturated rings. The van der Waals surface area contributed by atoms with Gasteiger partial charge in [0, 0.05) is 0 Å². The Morgan fingerprint density at radius 2 is 1.33 bits per heavy atom. The third kappa shape index (κ3) is 3.37. The summed E-state index contributed by atoms with van der Waals surface area (Å²) in [7, 11) is -2.64. The molecular formula is C23H30O3Si. The van der Waals surface area contributed by atoms with Crippen LogP contribution >= 0.6 is 0 Å². The van der Waals surface area contributed by atoms with Gasteiger partial charge in [-0.1, -0.05) is 81.4 Å². The van der Waals surface area contributed by atoms with Crippen LogP contribution in [-0.4, -0.2) is 25.0 Å². The summed E-state index contributed by atoms with van der Waals surface area (Å²) in [5.74, 6) is -0.731. The lowest BCUT2D eigenvalue weighted by Crippen LogP contribution is -2.71. The fourth-order valence-electron chi connectivity index (χ4n) is 4.84. The minimum Gasteiger partial charge on any atom is -0.481 e. The van der Waals surface area contributed by atoms with Gasteiger partial charge in [-0.05, 0) is 42.1 Å². The molecule has 144 valence electrons. The maximum Gasteiger partial charge on any atom is 0.309 e. The molecule has 0 aliphatic heterocycles. The molecule has 0 heterocycles. The third-order valence-electron chi connectivity index (χ3n) is 5.86. The fourth-order valence-corrected chi connectivity index (χ4v) is 9.66. The quantitative estimate of drug-likeness (QED) is 0.788. The van der Waals surface area contributed by atoms with E-state index in [0.717, 1.165) is 0 Å². The van der Waals surface area contributed by atoms with E-state index >= 15 is 0 Å². The first-order valence-electron chi connectivity index (χ1n) is 9.57. The summed E-state index contributed by atoms with van der Waals surface area (Å²) in [6, 6.07) is 21.0. The van der Waals surface area contributed by atoms with Crippen LogP contribution in [0.4, 0.5) is 0 Å². The maximum absolute atomic E-state index is 11.6. The Balaban J connectivity index is 2.13. The van der Waals surface area contributed by atoms with Crippen LogP contribution in [0.25, 0.3) is 0 Å². The first-order chi connectivity index (χ1) is 12.5. The predicted molar refractivity (Wildman–Crippen MR) is 112 cm³/mol. The van der Waals surface area contributed by atoms with Gasteiger partial charge >= 0.3 is 5.97 Å². The minimum absolute atomic E-state index is 0.103. The second kappa shape index (κ2) is 6.61. The molecule has 1 aliphatic rings. The zero-order valence-corrected chi connectivity index (χ0v) is 18.0. The number of carboxylic acids is 1. The number of benzene rings is 2. The summed E-state index contributed by atoms with van der Waals surface area (Å²) in [4.78, 5) is 11.6. The van der Waals surface area contributed by atoms with Gasteiger partial charge in [0.25, 0.3) is 8.32 Å². The van der Waals surface area contributed by atoms with E-state index in [1.807, 2.05) is 19.1 Å². The summed E-state index contributed by atoms with van der Waals surface area (Å²) in [5.41, 5.74) is -1.13. The highest BCUT2D eigenvalue weighted by molar-refractivity contribution is 6.99. The second-order valence-electron chi connectivity index (χ2n) is 9.43. The van der Waals surface area contributed by atoms with Crippen LogP contribution in [0.5, 0.6) is 0 Å². The van der Waals surface area contributed by atoms with Crippen LogP contribution in [0.1, 0.15) is 47.5 Å². The molecule has 4 heteroatoms. The van der Waals surface area contributed by atoms with Crippen molar-refractivity contribution in [2.75, 3.05) is 0 Å². The molecule has 3 rings (SSSR count). The standard InChI is InChI=1S/C23H30O3Si/c1-21(2,3)27(18-12-8-6-9-13-18,19-14-10-7-11-15-19)26-23(5)16-22(4,17-23)20(24)25/h6-15H,16-17H2,1-5H3,(H,24,25). The summed E-state index contributed by atoms with van der Waals surface area (Å²) in [5, 5.41) is 11.9. The Kier molecular flexibility index (Phi) is 4.85. The van der Waals surface area contributed by atoms with Crippen molar-refractivity contribution in [1.29, 1.82) is 0 Å². The monoisotopic (exact) mass is 382 g/mol. The zero-order chi connectivity index (χ0) is 19.9. The van der Waals surface area contributed by atoms with Crippen molar-refractivity contribution >= 4 is 24.7 Å². The molecule has 0 spiro atoms. The summed E-state index contributed by atoms with van der Waals surface area (Å²) < 4.78 is 7.12. The molecular weight excluding hydrogens is 352 g/mol. The molecule has 0 unspecified atom stereocenters. The molecule has 0 radical (unpaired) electrons. The van der Waals surface area contributed by atoms with E-state index < -0.39 is 25.3 Å². The molecule has 0 bridgehead atoms. The molecule has 2 aromatic rings. The van der Waals surface area contributed by atoms with Crippen molar-refractivity contribution in [2.45, 2.75) is 58.1 Å². The second-order valence-corrected chi connectivity index (χ2v) is 13.7. The van der Waals surface area contributed by atoms with E-state index in [4.69, 9.17) is 4.43 Å². The van der Waals surface area contributed by atoms with E-state index in [9.17, 15) is 9.90 Å². The van der Waals surface area contributed by atoms with Gasteiger partial charge in [-0.15, -0.1) is 0 Å². The molecule has 2 aromatic carbocycles. The van der Waals surface area contributed by atoms with Gasteiger partial charge in [-0.2, -0.15) is 0 Å². The number of carbonyl (C=O) groups is 1. The molecule has 1 N–H and O–H groups in total. The fraction of sp³-hybridized carbons (Fsp3) is 0.435. The highest BCUT2D eigenvalue weighted by atomic mass is 28.4. The molecule has 1 aliphatic carbocycles. The topological polar surface area (TPSA) is 46.5 Å². The Morgan fingerprint density at radius 1 is 0.926 bits per heavy atom. The molecule has 0 amide bonds. The molecule has 0 aromatic heterocycles. The summed E-state index contributed by atoms with van der Waals surface area (Å²) in [6.07, 6.45) is 1.08. The number of carboxylic acid groups (broad SMARTS) is 1. The van der Waals surface area contributed by atoms with Gasteiger partial charge in [0.1, 0.15) is 0 Å². The van der Waals surface area contributed by atoms with Crippen LogP contribution in [-0.2, 0) is 9.22 Å². The van der Waals surface area contributed by atoms with Crippen LogP contribution in [0.15, 0.2) is 60.7 Å². The van der Waals surface area contributed by atoms with Crippen molar-refractivity contribution < 1.29 is 14.3 Å². The average molecular weight is 383 g/mol. The molecule has 0 saturated heterocycles. The van der Waals surface area contributed by atoms with Crippen molar-refractivity contribution in [3.63, 3.8) is 0 Å². The highest BCUT2D eigenvalue weighted by Crippen LogP contribution is 2.53. The van der Waals surface area contributed by atoms with Crippen LogP contribution < -0.4 is 10.4 Å². The number of hydrogen-bond acceptors (Lipinski definition) is 2. The lowest BCUT2D eigenvalue weighted by molar-refractivity contribution is -0.170.